The summed E-state index contributed by atoms with van der Waals surface area (Å²) in [4.78, 5) is 43.3. The standard InChI is InChI=1S/C11H18N2O6/c1-11(2,3)19-10(17)13-5-9(16)12-4-8(15)6-18-7-14/h7H,4-6H2,1-3H3,(H,12,16)(H,13,17). The molecule has 0 saturated heterocycles. The van der Waals surface area contributed by atoms with Gasteiger partial charge in [0.15, 0.2) is 12.4 Å². The van der Waals surface area contributed by atoms with Gasteiger partial charge < -0.3 is 20.1 Å². The molecule has 0 aliphatic carbocycles. The average Bonchev–Trinajstić information content (AvgIpc) is 2.29. The number of nitrogens with one attached hydrogen (secondary N) is 2. The van der Waals surface area contributed by atoms with Crippen LogP contribution in [0.3, 0.4) is 0 Å². The third kappa shape index (κ3) is 10.7. The monoisotopic (exact) mass is 274 g/mol. The first kappa shape index (κ1) is 16.9. The van der Waals surface area contributed by atoms with Crippen molar-refractivity contribution in [3.05, 3.63) is 0 Å². The lowest BCUT2D eigenvalue weighted by atomic mass is 10.2. The Hall–Kier alpha value is -2.12. The van der Waals surface area contributed by atoms with Crippen molar-refractivity contribution in [1.82, 2.24) is 10.6 Å². The van der Waals surface area contributed by atoms with Crippen molar-refractivity contribution >= 4 is 24.3 Å². The molecule has 0 radical (unpaired) electrons. The second kappa shape index (κ2) is 8.06. The summed E-state index contributed by atoms with van der Waals surface area (Å²) in [6.45, 7) is 4.24. The molecule has 0 bridgehead atoms. The summed E-state index contributed by atoms with van der Waals surface area (Å²) in [5.41, 5.74) is -0.650. The smallest absolute Gasteiger partial charge is 0.408 e. The molecule has 2 N–H and O–H groups in total. The number of carbonyl (C=O) groups is 4. The normalized spacial score (nSPS) is 10.3. The number of amides is 2. The predicted molar refractivity (Wildman–Crippen MR) is 64.3 cm³/mol. The molecule has 0 aromatic heterocycles. The fraction of sp³-hybridized carbons (Fsp3) is 0.636. The van der Waals surface area contributed by atoms with Gasteiger partial charge in [-0.05, 0) is 20.8 Å². The van der Waals surface area contributed by atoms with E-state index >= 15 is 0 Å². The molecular weight excluding hydrogens is 256 g/mol. The highest BCUT2D eigenvalue weighted by molar-refractivity contribution is 5.88. The Balaban J connectivity index is 3.78. The number of hydrogen-bond acceptors (Lipinski definition) is 6. The van der Waals surface area contributed by atoms with Crippen LogP contribution in [0.2, 0.25) is 0 Å². The first-order valence-corrected chi connectivity index (χ1v) is 5.55. The van der Waals surface area contributed by atoms with Crippen LogP contribution >= 0.6 is 0 Å². The maximum absolute atomic E-state index is 11.2. The zero-order valence-electron chi connectivity index (χ0n) is 11.1. The van der Waals surface area contributed by atoms with Gasteiger partial charge in [0.1, 0.15) is 12.1 Å². The summed E-state index contributed by atoms with van der Waals surface area (Å²) in [6.07, 6.45) is -0.724. The average molecular weight is 274 g/mol. The van der Waals surface area contributed by atoms with E-state index in [-0.39, 0.29) is 19.6 Å². The van der Waals surface area contributed by atoms with Crippen molar-refractivity contribution in [2.75, 3.05) is 19.7 Å². The van der Waals surface area contributed by atoms with Crippen LogP contribution in [0.5, 0.6) is 0 Å². The van der Waals surface area contributed by atoms with E-state index in [4.69, 9.17) is 4.74 Å². The Morgan fingerprint density at radius 1 is 1.11 bits per heavy atom. The first-order valence-electron chi connectivity index (χ1n) is 5.55. The SMILES string of the molecule is CC(C)(C)OC(=O)NCC(=O)NCC(=O)COC=O. The van der Waals surface area contributed by atoms with Crippen LogP contribution < -0.4 is 10.6 Å². The summed E-state index contributed by atoms with van der Waals surface area (Å²) >= 11 is 0. The molecule has 0 aliphatic heterocycles. The second-order valence-electron chi connectivity index (χ2n) is 4.58. The van der Waals surface area contributed by atoms with E-state index in [0.717, 1.165) is 0 Å². The quantitative estimate of drug-likeness (QED) is 0.598. The Labute approximate surface area is 110 Å². The minimum absolute atomic E-state index is 0.143. The van der Waals surface area contributed by atoms with Crippen molar-refractivity contribution in [2.24, 2.45) is 0 Å². The Kier molecular flexibility index (Phi) is 7.16. The highest BCUT2D eigenvalue weighted by Gasteiger charge is 2.16. The molecule has 0 unspecified atom stereocenters. The van der Waals surface area contributed by atoms with Crippen LogP contribution in [-0.4, -0.2) is 49.6 Å². The minimum Gasteiger partial charge on any atom is -0.460 e. The Morgan fingerprint density at radius 3 is 2.26 bits per heavy atom. The van der Waals surface area contributed by atoms with Crippen molar-refractivity contribution in [1.29, 1.82) is 0 Å². The summed E-state index contributed by atoms with van der Waals surface area (Å²) in [5.74, 6) is -1.01. The van der Waals surface area contributed by atoms with E-state index in [0.29, 0.717) is 0 Å². The fourth-order valence-corrected chi connectivity index (χ4v) is 0.904. The largest absolute Gasteiger partial charge is 0.460 e. The van der Waals surface area contributed by atoms with E-state index in [1.54, 1.807) is 20.8 Å². The third-order valence-corrected chi connectivity index (χ3v) is 1.59. The van der Waals surface area contributed by atoms with E-state index in [1.165, 1.54) is 0 Å². The van der Waals surface area contributed by atoms with Gasteiger partial charge in [0.05, 0.1) is 6.54 Å². The minimum atomic E-state index is -0.724. The van der Waals surface area contributed by atoms with Crippen molar-refractivity contribution in [3.8, 4) is 0 Å². The molecule has 0 aromatic rings. The molecule has 108 valence electrons. The predicted octanol–water partition coefficient (Wildman–Crippen LogP) is -0.631. The molecular formula is C11H18N2O6. The van der Waals surface area contributed by atoms with E-state index in [1.807, 2.05) is 0 Å². The van der Waals surface area contributed by atoms with Gasteiger partial charge in [-0.15, -0.1) is 0 Å². The molecule has 19 heavy (non-hydrogen) atoms. The van der Waals surface area contributed by atoms with E-state index in [2.05, 4.69) is 15.4 Å². The van der Waals surface area contributed by atoms with Gasteiger partial charge in [-0.3, -0.25) is 14.4 Å². The molecule has 0 aromatic carbocycles. The summed E-state index contributed by atoms with van der Waals surface area (Å²) in [6, 6.07) is 0. The van der Waals surface area contributed by atoms with Crippen LogP contribution in [0.15, 0.2) is 0 Å². The highest BCUT2D eigenvalue weighted by Crippen LogP contribution is 2.05. The van der Waals surface area contributed by atoms with Gasteiger partial charge in [0.2, 0.25) is 5.91 Å². The third-order valence-electron chi connectivity index (χ3n) is 1.59. The second-order valence-corrected chi connectivity index (χ2v) is 4.58. The lowest BCUT2D eigenvalue weighted by molar-refractivity contribution is -0.136. The van der Waals surface area contributed by atoms with Gasteiger partial charge in [-0.1, -0.05) is 0 Å². The number of ether oxygens (including phenoxy) is 2. The molecule has 2 amide bonds. The molecule has 0 rings (SSSR count). The van der Waals surface area contributed by atoms with Crippen molar-refractivity contribution in [2.45, 2.75) is 26.4 Å². The number of rotatable bonds is 7. The zero-order chi connectivity index (χ0) is 14.9. The van der Waals surface area contributed by atoms with Crippen molar-refractivity contribution < 1.29 is 28.7 Å². The van der Waals surface area contributed by atoms with Gasteiger partial charge in [0, 0.05) is 0 Å². The van der Waals surface area contributed by atoms with Gasteiger partial charge in [0.25, 0.3) is 6.47 Å². The number of carbonyl (C=O) groups excluding carboxylic acids is 4. The highest BCUT2D eigenvalue weighted by atomic mass is 16.6. The number of ketones is 1. The summed E-state index contributed by atoms with van der Waals surface area (Å²) < 4.78 is 9.12. The number of alkyl carbamates (subject to hydrolysis) is 1. The fourth-order valence-electron chi connectivity index (χ4n) is 0.904. The molecule has 0 spiro atoms. The molecule has 8 nitrogen and oxygen atoms in total. The topological polar surface area (TPSA) is 111 Å². The maximum atomic E-state index is 11.2. The lowest BCUT2D eigenvalue weighted by Gasteiger charge is -2.19. The molecule has 0 heterocycles. The molecule has 8 heteroatoms. The molecule has 0 fully saturated rings. The molecule has 0 saturated carbocycles. The van der Waals surface area contributed by atoms with Crippen LogP contribution in [0.25, 0.3) is 0 Å². The van der Waals surface area contributed by atoms with Crippen molar-refractivity contribution in [3.63, 3.8) is 0 Å². The van der Waals surface area contributed by atoms with Crippen LogP contribution in [-0.2, 0) is 23.9 Å². The van der Waals surface area contributed by atoms with Crippen LogP contribution in [0.1, 0.15) is 20.8 Å². The summed E-state index contributed by atoms with van der Waals surface area (Å²) in [5, 5.41) is 4.49. The van der Waals surface area contributed by atoms with Crippen LogP contribution in [0, 0.1) is 0 Å². The molecule has 0 aliphatic rings. The maximum Gasteiger partial charge on any atom is 0.408 e. The van der Waals surface area contributed by atoms with Gasteiger partial charge >= 0.3 is 6.09 Å². The first-order chi connectivity index (χ1) is 8.74. The number of hydrogen-bond donors (Lipinski definition) is 2. The summed E-state index contributed by atoms with van der Waals surface area (Å²) in [7, 11) is 0. The lowest BCUT2D eigenvalue weighted by Crippen LogP contribution is -2.41. The van der Waals surface area contributed by atoms with Gasteiger partial charge in [-0.2, -0.15) is 0 Å². The van der Waals surface area contributed by atoms with E-state index in [9.17, 15) is 19.2 Å². The van der Waals surface area contributed by atoms with Crippen LogP contribution in [0.4, 0.5) is 4.79 Å². The Bertz CT molecular complexity index is 348. The molecule has 0 atom stereocenters. The van der Waals surface area contributed by atoms with E-state index < -0.39 is 30.0 Å². The van der Waals surface area contributed by atoms with Gasteiger partial charge in [-0.25, -0.2) is 4.79 Å². The zero-order valence-corrected chi connectivity index (χ0v) is 11.1. The number of Topliss-reactive ketones (excluding diaryl/α,β-unsaturated/α-hetero) is 1. The Morgan fingerprint density at radius 2 is 1.74 bits per heavy atom.